The van der Waals surface area contributed by atoms with Crippen molar-refractivity contribution in [2.24, 2.45) is 5.73 Å². The Hall–Kier alpha value is -1.02. The highest BCUT2D eigenvalue weighted by Crippen LogP contribution is 1.92. The van der Waals surface area contributed by atoms with E-state index in [0.717, 1.165) is 19.6 Å². The number of nitrogens with two attached hydrogens (primary N) is 1. The Balaban J connectivity index is 3.49. The van der Waals surface area contributed by atoms with Crippen LogP contribution in [0.1, 0.15) is 13.3 Å². The molecular weight excluding hydrogens is 236 g/mol. The van der Waals surface area contributed by atoms with Crippen LogP contribution >= 0.6 is 0 Å². The van der Waals surface area contributed by atoms with E-state index >= 15 is 0 Å². The van der Waals surface area contributed by atoms with Crippen molar-refractivity contribution in [2.45, 2.75) is 19.4 Å². The van der Waals surface area contributed by atoms with Crippen LogP contribution in [0, 0.1) is 0 Å². The first kappa shape index (κ1) is 17.0. The Morgan fingerprint density at radius 3 is 2.17 bits per heavy atom. The van der Waals surface area contributed by atoms with Gasteiger partial charge in [-0.2, -0.15) is 0 Å². The highest BCUT2D eigenvalue weighted by Gasteiger charge is 2.17. The molecule has 106 valence electrons. The molecule has 0 aromatic heterocycles. The Morgan fingerprint density at radius 2 is 1.67 bits per heavy atom. The number of aliphatic carboxylic acids is 1. The Bertz CT molecular complexity index is 248. The summed E-state index contributed by atoms with van der Waals surface area (Å²) in [5.74, 6) is -1.12. The SMILES string of the molecule is CC(=O)CC(NCCNCCNCCN)C(=O)O. The number of carboxylic acids is 1. The van der Waals surface area contributed by atoms with Crippen molar-refractivity contribution in [3.05, 3.63) is 0 Å². The van der Waals surface area contributed by atoms with E-state index in [9.17, 15) is 9.59 Å². The molecule has 0 fully saturated rings. The van der Waals surface area contributed by atoms with Gasteiger partial charge in [-0.05, 0) is 6.92 Å². The van der Waals surface area contributed by atoms with Gasteiger partial charge < -0.3 is 26.8 Å². The molecule has 0 bridgehead atoms. The number of hydrogen-bond acceptors (Lipinski definition) is 6. The molecule has 0 rings (SSSR count). The number of rotatable bonds is 12. The van der Waals surface area contributed by atoms with Gasteiger partial charge in [0, 0.05) is 45.7 Å². The van der Waals surface area contributed by atoms with Crippen LogP contribution in [0.2, 0.25) is 0 Å². The van der Waals surface area contributed by atoms with E-state index in [1.807, 2.05) is 0 Å². The molecule has 0 aliphatic heterocycles. The van der Waals surface area contributed by atoms with E-state index in [1.165, 1.54) is 6.92 Å². The molecule has 1 unspecified atom stereocenters. The molecule has 1 atom stereocenters. The van der Waals surface area contributed by atoms with Crippen LogP contribution in [0.3, 0.4) is 0 Å². The number of hydrogen-bond donors (Lipinski definition) is 5. The molecule has 6 N–H and O–H groups in total. The zero-order valence-electron chi connectivity index (χ0n) is 10.9. The molecule has 0 aromatic carbocycles. The zero-order valence-corrected chi connectivity index (χ0v) is 10.9. The summed E-state index contributed by atoms with van der Waals surface area (Å²) in [6.45, 7) is 5.60. The lowest BCUT2D eigenvalue weighted by molar-refractivity contribution is -0.141. The number of carbonyl (C=O) groups excluding carboxylic acids is 1. The van der Waals surface area contributed by atoms with E-state index in [1.54, 1.807) is 0 Å². The van der Waals surface area contributed by atoms with Crippen molar-refractivity contribution in [1.29, 1.82) is 0 Å². The average Bonchev–Trinajstić information content (AvgIpc) is 2.30. The number of ketones is 1. The van der Waals surface area contributed by atoms with Crippen molar-refractivity contribution in [2.75, 3.05) is 39.3 Å². The number of nitrogens with one attached hydrogen (secondary N) is 3. The van der Waals surface area contributed by atoms with E-state index < -0.39 is 12.0 Å². The van der Waals surface area contributed by atoms with Crippen molar-refractivity contribution < 1.29 is 14.7 Å². The van der Waals surface area contributed by atoms with Crippen LogP contribution < -0.4 is 21.7 Å². The van der Waals surface area contributed by atoms with E-state index in [4.69, 9.17) is 10.8 Å². The standard InChI is InChI=1S/C11H24N4O3/c1-9(16)8-10(11(17)18)15-7-6-14-5-4-13-3-2-12/h10,13-15H,2-8,12H2,1H3,(H,17,18). The second kappa shape index (κ2) is 11.1. The third kappa shape index (κ3) is 10.2. The van der Waals surface area contributed by atoms with Crippen LogP contribution in [0.4, 0.5) is 0 Å². The Morgan fingerprint density at radius 1 is 1.11 bits per heavy atom. The fourth-order valence-electron chi connectivity index (χ4n) is 1.40. The third-order valence-corrected chi connectivity index (χ3v) is 2.28. The molecule has 0 heterocycles. The fourth-order valence-corrected chi connectivity index (χ4v) is 1.40. The van der Waals surface area contributed by atoms with Crippen LogP contribution in [0.5, 0.6) is 0 Å². The van der Waals surface area contributed by atoms with Gasteiger partial charge in [-0.3, -0.25) is 9.59 Å². The maximum Gasteiger partial charge on any atom is 0.321 e. The highest BCUT2D eigenvalue weighted by molar-refractivity contribution is 5.84. The number of carboxylic acid groups (broad SMARTS) is 1. The summed E-state index contributed by atoms with van der Waals surface area (Å²) in [4.78, 5) is 21.7. The molecule has 0 amide bonds. The van der Waals surface area contributed by atoms with Gasteiger partial charge in [0.1, 0.15) is 11.8 Å². The lowest BCUT2D eigenvalue weighted by Gasteiger charge is -2.13. The van der Waals surface area contributed by atoms with Crippen molar-refractivity contribution in [3.63, 3.8) is 0 Å². The van der Waals surface area contributed by atoms with E-state index in [-0.39, 0.29) is 12.2 Å². The van der Waals surface area contributed by atoms with Gasteiger partial charge in [-0.25, -0.2) is 0 Å². The first-order valence-electron chi connectivity index (χ1n) is 6.15. The normalized spacial score (nSPS) is 12.3. The average molecular weight is 260 g/mol. The van der Waals surface area contributed by atoms with Gasteiger partial charge in [0.25, 0.3) is 0 Å². The molecular formula is C11H24N4O3. The summed E-state index contributed by atoms with van der Waals surface area (Å²) in [6.07, 6.45) is 0.0212. The van der Waals surface area contributed by atoms with Crippen LogP contribution in [-0.4, -0.2) is 62.2 Å². The van der Waals surface area contributed by atoms with Crippen molar-refractivity contribution in [1.82, 2.24) is 16.0 Å². The maximum absolute atomic E-state index is 10.9. The van der Waals surface area contributed by atoms with Gasteiger partial charge in [0.05, 0.1) is 0 Å². The monoisotopic (exact) mass is 260 g/mol. The Kier molecular flexibility index (Phi) is 10.5. The summed E-state index contributed by atoms with van der Waals surface area (Å²) in [5, 5.41) is 18.0. The highest BCUT2D eigenvalue weighted by atomic mass is 16.4. The molecule has 0 saturated carbocycles. The molecule has 7 nitrogen and oxygen atoms in total. The first-order valence-corrected chi connectivity index (χ1v) is 6.15. The molecule has 0 saturated heterocycles. The molecule has 18 heavy (non-hydrogen) atoms. The van der Waals surface area contributed by atoms with Gasteiger partial charge in [-0.1, -0.05) is 0 Å². The molecule has 7 heteroatoms. The van der Waals surface area contributed by atoms with Gasteiger partial charge in [0.15, 0.2) is 0 Å². The zero-order chi connectivity index (χ0) is 13.8. The first-order chi connectivity index (χ1) is 8.57. The van der Waals surface area contributed by atoms with E-state index in [2.05, 4.69) is 16.0 Å². The molecule has 0 aliphatic rings. The predicted octanol–water partition coefficient (Wildman–Crippen LogP) is -1.85. The molecule has 0 radical (unpaired) electrons. The lowest BCUT2D eigenvalue weighted by atomic mass is 10.1. The molecule has 0 spiro atoms. The topological polar surface area (TPSA) is 116 Å². The van der Waals surface area contributed by atoms with Crippen LogP contribution in [0.25, 0.3) is 0 Å². The second-order valence-electron chi connectivity index (χ2n) is 4.04. The quantitative estimate of drug-likeness (QED) is 0.261. The van der Waals surface area contributed by atoms with Gasteiger partial charge in [-0.15, -0.1) is 0 Å². The largest absolute Gasteiger partial charge is 0.480 e. The predicted molar refractivity (Wildman–Crippen MR) is 69.5 cm³/mol. The summed E-state index contributed by atoms with van der Waals surface area (Å²) in [6, 6.07) is -0.792. The number of carbonyl (C=O) groups is 2. The Labute approximate surface area is 107 Å². The third-order valence-electron chi connectivity index (χ3n) is 2.28. The summed E-state index contributed by atoms with van der Waals surface area (Å²) < 4.78 is 0. The summed E-state index contributed by atoms with van der Waals surface area (Å²) in [7, 11) is 0. The van der Waals surface area contributed by atoms with Gasteiger partial charge >= 0.3 is 5.97 Å². The van der Waals surface area contributed by atoms with Gasteiger partial charge in [0.2, 0.25) is 0 Å². The fraction of sp³-hybridized carbons (Fsp3) is 0.818. The summed E-state index contributed by atoms with van der Waals surface area (Å²) in [5.41, 5.74) is 5.32. The second-order valence-corrected chi connectivity index (χ2v) is 4.04. The minimum atomic E-state index is -0.991. The lowest BCUT2D eigenvalue weighted by Crippen LogP contribution is -2.42. The summed E-state index contributed by atoms with van der Waals surface area (Å²) >= 11 is 0. The number of Topliss-reactive ketones (excluding diaryl/α,β-unsaturated/α-hetero) is 1. The molecule has 0 aliphatic carbocycles. The van der Waals surface area contributed by atoms with Crippen LogP contribution in [0.15, 0.2) is 0 Å². The minimum Gasteiger partial charge on any atom is -0.480 e. The minimum absolute atomic E-state index is 0.0212. The smallest absolute Gasteiger partial charge is 0.321 e. The van der Waals surface area contributed by atoms with Crippen molar-refractivity contribution >= 4 is 11.8 Å². The maximum atomic E-state index is 10.9. The van der Waals surface area contributed by atoms with E-state index in [0.29, 0.717) is 19.6 Å². The van der Waals surface area contributed by atoms with Crippen molar-refractivity contribution in [3.8, 4) is 0 Å². The molecule has 0 aromatic rings. The van der Waals surface area contributed by atoms with Crippen LogP contribution in [-0.2, 0) is 9.59 Å².